The summed E-state index contributed by atoms with van der Waals surface area (Å²) in [5.74, 6) is 5.41. The maximum Gasteiger partial charge on any atom is 0.324 e. The van der Waals surface area contributed by atoms with E-state index in [4.69, 9.17) is 15.3 Å². The highest BCUT2D eigenvalue weighted by Gasteiger charge is 2.06. The van der Waals surface area contributed by atoms with Gasteiger partial charge in [-0.1, -0.05) is 12.2 Å². The molecule has 0 bridgehead atoms. The van der Waals surface area contributed by atoms with Gasteiger partial charge in [-0.15, -0.1) is 4.98 Å². The highest BCUT2D eigenvalue weighted by molar-refractivity contribution is 5.25. The quantitative estimate of drug-likeness (QED) is 0.413. The Morgan fingerprint density at radius 3 is 2.50 bits per heavy atom. The number of nitrogens with one attached hydrogen (secondary N) is 1. The third-order valence-corrected chi connectivity index (χ3v) is 1.54. The number of hydrogen-bond acceptors (Lipinski definition) is 7. The van der Waals surface area contributed by atoms with Gasteiger partial charge in [0.15, 0.2) is 0 Å². The largest absolute Gasteiger partial charge is 0.464 e. The molecule has 16 heavy (non-hydrogen) atoms. The fourth-order valence-corrected chi connectivity index (χ4v) is 0.880. The standard InChI is InChI=1S/C9H15N5O2/c1-3-5-6-16-9-12-7(14-10)11-8(13-9)15-4-2/h3,5H,4,6,10H2,1-2H3,(H,11,12,13,14)/b5-3+. The first-order chi connectivity index (χ1) is 7.80. The Hall–Kier alpha value is -1.89. The zero-order valence-electron chi connectivity index (χ0n) is 9.30. The van der Waals surface area contributed by atoms with E-state index in [1.54, 1.807) is 0 Å². The minimum atomic E-state index is 0.171. The van der Waals surface area contributed by atoms with Crippen LogP contribution in [0.1, 0.15) is 13.8 Å². The molecule has 0 aromatic carbocycles. The summed E-state index contributed by atoms with van der Waals surface area (Å²) >= 11 is 0. The van der Waals surface area contributed by atoms with Crippen molar-refractivity contribution in [2.45, 2.75) is 13.8 Å². The van der Waals surface area contributed by atoms with Gasteiger partial charge in [-0.2, -0.15) is 9.97 Å². The number of anilines is 1. The van der Waals surface area contributed by atoms with Crippen LogP contribution in [0.4, 0.5) is 5.95 Å². The van der Waals surface area contributed by atoms with Gasteiger partial charge in [0.05, 0.1) is 6.61 Å². The average molecular weight is 225 g/mol. The maximum absolute atomic E-state index is 5.25. The first-order valence-corrected chi connectivity index (χ1v) is 4.89. The molecule has 7 heteroatoms. The fraction of sp³-hybridized carbons (Fsp3) is 0.444. The second kappa shape index (κ2) is 6.57. The van der Waals surface area contributed by atoms with Crippen molar-refractivity contribution in [1.82, 2.24) is 15.0 Å². The van der Waals surface area contributed by atoms with Gasteiger partial charge in [0.2, 0.25) is 5.95 Å². The number of nitrogens with zero attached hydrogens (tertiary/aromatic N) is 3. The van der Waals surface area contributed by atoms with Crippen molar-refractivity contribution in [3.8, 4) is 12.0 Å². The van der Waals surface area contributed by atoms with Crippen LogP contribution in [0.5, 0.6) is 12.0 Å². The smallest absolute Gasteiger partial charge is 0.324 e. The Labute approximate surface area is 93.7 Å². The topological polar surface area (TPSA) is 95.2 Å². The summed E-state index contributed by atoms with van der Waals surface area (Å²) in [5, 5.41) is 0. The lowest BCUT2D eigenvalue weighted by Gasteiger charge is -2.06. The molecule has 0 saturated carbocycles. The van der Waals surface area contributed by atoms with Gasteiger partial charge < -0.3 is 9.47 Å². The van der Waals surface area contributed by atoms with E-state index in [1.807, 2.05) is 26.0 Å². The third-order valence-electron chi connectivity index (χ3n) is 1.54. The lowest BCUT2D eigenvalue weighted by Crippen LogP contribution is -2.13. The van der Waals surface area contributed by atoms with Crippen LogP contribution in [0, 0.1) is 0 Å². The Morgan fingerprint density at radius 1 is 1.25 bits per heavy atom. The summed E-state index contributed by atoms with van der Waals surface area (Å²) in [7, 11) is 0. The fourth-order valence-electron chi connectivity index (χ4n) is 0.880. The summed E-state index contributed by atoms with van der Waals surface area (Å²) < 4.78 is 10.4. The Balaban J connectivity index is 2.77. The normalized spacial score (nSPS) is 10.4. The summed E-state index contributed by atoms with van der Waals surface area (Å²) in [6.45, 7) is 4.58. The van der Waals surface area contributed by atoms with Crippen LogP contribution in [-0.2, 0) is 0 Å². The molecule has 0 aliphatic carbocycles. The van der Waals surface area contributed by atoms with E-state index in [2.05, 4.69) is 20.4 Å². The molecule has 1 aromatic heterocycles. The van der Waals surface area contributed by atoms with Gasteiger partial charge in [-0.3, -0.25) is 5.43 Å². The highest BCUT2D eigenvalue weighted by Crippen LogP contribution is 2.11. The molecular weight excluding hydrogens is 210 g/mol. The van der Waals surface area contributed by atoms with Crippen molar-refractivity contribution < 1.29 is 9.47 Å². The molecule has 0 radical (unpaired) electrons. The molecule has 0 atom stereocenters. The van der Waals surface area contributed by atoms with Crippen molar-refractivity contribution in [2.75, 3.05) is 18.6 Å². The number of hydrazine groups is 1. The lowest BCUT2D eigenvalue weighted by molar-refractivity contribution is 0.288. The minimum Gasteiger partial charge on any atom is -0.464 e. The molecule has 0 unspecified atom stereocenters. The van der Waals surface area contributed by atoms with Gasteiger partial charge in [0.25, 0.3) is 0 Å². The van der Waals surface area contributed by atoms with Gasteiger partial charge in [0.1, 0.15) is 6.61 Å². The van der Waals surface area contributed by atoms with Crippen LogP contribution < -0.4 is 20.7 Å². The van der Waals surface area contributed by atoms with Crippen molar-refractivity contribution in [1.29, 1.82) is 0 Å². The Morgan fingerprint density at radius 2 is 1.94 bits per heavy atom. The van der Waals surface area contributed by atoms with Crippen LogP contribution in [-0.4, -0.2) is 28.2 Å². The first-order valence-electron chi connectivity index (χ1n) is 4.89. The molecule has 0 aliphatic heterocycles. The molecule has 7 nitrogen and oxygen atoms in total. The summed E-state index contributed by atoms with van der Waals surface area (Å²) in [6, 6.07) is 0.352. The summed E-state index contributed by atoms with van der Waals surface area (Å²) in [6.07, 6.45) is 3.70. The molecule has 0 fully saturated rings. The number of ether oxygens (including phenoxy) is 2. The SMILES string of the molecule is C/C=C/COc1nc(NN)nc(OCC)n1. The molecule has 1 rings (SSSR count). The molecule has 88 valence electrons. The zero-order chi connectivity index (χ0) is 11.8. The number of allylic oxidation sites excluding steroid dienone is 1. The van der Waals surface area contributed by atoms with Crippen molar-refractivity contribution in [2.24, 2.45) is 5.84 Å². The van der Waals surface area contributed by atoms with Crippen molar-refractivity contribution in [3.05, 3.63) is 12.2 Å². The van der Waals surface area contributed by atoms with E-state index in [0.717, 1.165) is 0 Å². The highest BCUT2D eigenvalue weighted by atomic mass is 16.5. The number of rotatable bonds is 6. The van der Waals surface area contributed by atoms with Crippen LogP contribution in [0.2, 0.25) is 0 Å². The first kappa shape index (κ1) is 12.2. The summed E-state index contributed by atoms with van der Waals surface area (Å²) in [4.78, 5) is 11.7. The summed E-state index contributed by atoms with van der Waals surface area (Å²) in [5.41, 5.74) is 2.32. The van der Waals surface area contributed by atoms with Gasteiger partial charge in [-0.05, 0) is 13.8 Å². The lowest BCUT2D eigenvalue weighted by atomic mass is 10.6. The van der Waals surface area contributed by atoms with E-state index in [1.165, 1.54) is 0 Å². The molecule has 1 heterocycles. The molecule has 0 spiro atoms. The third kappa shape index (κ3) is 3.70. The number of aromatic nitrogens is 3. The van der Waals surface area contributed by atoms with Gasteiger partial charge in [-0.25, -0.2) is 5.84 Å². The predicted molar refractivity (Wildman–Crippen MR) is 59.1 cm³/mol. The molecule has 0 aliphatic rings. The maximum atomic E-state index is 5.25. The van der Waals surface area contributed by atoms with Crippen LogP contribution in [0.25, 0.3) is 0 Å². The van der Waals surface area contributed by atoms with Crippen LogP contribution >= 0.6 is 0 Å². The van der Waals surface area contributed by atoms with Crippen molar-refractivity contribution in [3.63, 3.8) is 0 Å². The molecule has 1 aromatic rings. The van der Waals surface area contributed by atoms with Crippen LogP contribution in [0.15, 0.2) is 12.2 Å². The van der Waals surface area contributed by atoms with E-state index >= 15 is 0 Å². The van der Waals surface area contributed by atoms with Gasteiger partial charge in [0, 0.05) is 0 Å². The van der Waals surface area contributed by atoms with E-state index in [-0.39, 0.29) is 18.0 Å². The second-order valence-electron chi connectivity index (χ2n) is 2.68. The van der Waals surface area contributed by atoms with E-state index in [0.29, 0.717) is 13.2 Å². The van der Waals surface area contributed by atoms with Gasteiger partial charge >= 0.3 is 12.0 Å². The number of nitrogens with two attached hydrogens (primary N) is 1. The number of hydrogen-bond donors (Lipinski definition) is 2. The average Bonchev–Trinajstić information content (AvgIpc) is 2.29. The molecular formula is C9H15N5O2. The van der Waals surface area contributed by atoms with E-state index < -0.39 is 0 Å². The van der Waals surface area contributed by atoms with E-state index in [9.17, 15) is 0 Å². The number of nitrogen functional groups attached to an aromatic ring is 1. The molecule has 3 N–H and O–H groups in total. The Bertz CT molecular complexity index is 356. The zero-order valence-corrected chi connectivity index (χ0v) is 9.30. The minimum absolute atomic E-state index is 0.171. The van der Waals surface area contributed by atoms with Crippen molar-refractivity contribution >= 4 is 5.95 Å². The predicted octanol–water partition coefficient (Wildman–Crippen LogP) is 0.511. The second-order valence-corrected chi connectivity index (χ2v) is 2.68. The van der Waals surface area contributed by atoms with Crippen LogP contribution in [0.3, 0.4) is 0 Å². The monoisotopic (exact) mass is 225 g/mol. The Kier molecular flexibility index (Phi) is 5.00. The molecule has 0 amide bonds. The molecule has 0 saturated heterocycles.